The normalized spacial score (nSPS) is 10.3. The van der Waals surface area contributed by atoms with Gasteiger partial charge in [-0.25, -0.2) is 0 Å². The summed E-state index contributed by atoms with van der Waals surface area (Å²) in [4.78, 5) is 16.5. The maximum absolute atomic E-state index is 12.3. The molecule has 126 valence electrons. The van der Waals surface area contributed by atoms with Gasteiger partial charge in [0.15, 0.2) is 0 Å². The Balaban J connectivity index is 1.64. The molecular formula is C20H18ClN3O. The summed E-state index contributed by atoms with van der Waals surface area (Å²) in [5.41, 5.74) is 4.29. The number of nitrogens with zero attached hydrogens (tertiary/aromatic N) is 1. The Morgan fingerprint density at radius 1 is 1.00 bits per heavy atom. The molecule has 0 saturated heterocycles. The lowest BCUT2D eigenvalue weighted by Crippen LogP contribution is -2.23. The van der Waals surface area contributed by atoms with Gasteiger partial charge in [0.2, 0.25) is 0 Å². The number of halogens is 1. The minimum Gasteiger partial charge on any atom is -0.355 e. The molecule has 0 bridgehead atoms. The maximum atomic E-state index is 12.3. The number of aryl methyl sites for hydroxylation is 1. The van der Waals surface area contributed by atoms with Gasteiger partial charge in [0.05, 0.1) is 0 Å². The first-order valence-corrected chi connectivity index (χ1v) is 8.30. The van der Waals surface area contributed by atoms with Crippen molar-refractivity contribution in [2.24, 2.45) is 0 Å². The molecule has 0 fully saturated rings. The first-order valence-electron chi connectivity index (χ1n) is 7.92. The average Bonchev–Trinajstić information content (AvgIpc) is 2.63. The van der Waals surface area contributed by atoms with E-state index in [9.17, 15) is 4.79 Å². The Labute approximate surface area is 151 Å². The topological polar surface area (TPSA) is 54.0 Å². The first-order chi connectivity index (χ1) is 12.1. The number of hydrogen-bond donors (Lipinski definition) is 2. The molecule has 1 heterocycles. The molecule has 0 aliphatic heterocycles. The SMILES string of the molecule is Cc1ccc(CNC(=O)c2cc(Nc3ccc(Cl)cc3)ccn2)cc1. The van der Waals surface area contributed by atoms with Gasteiger partial charge in [0.1, 0.15) is 5.69 Å². The average molecular weight is 352 g/mol. The Kier molecular flexibility index (Phi) is 5.31. The number of carbonyl (C=O) groups excluding carboxylic acids is 1. The predicted octanol–water partition coefficient (Wildman–Crippen LogP) is 4.72. The van der Waals surface area contributed by atoms with Crippen LogP contribution in [-0.2, 0) is 6.54 Å². The zero-order chi connectivity index (χ0) is 17.6. The molecule has 0 unspecified atom stereocenters. The van der Waals surface area contributed by atoms with E-state index in [1.54, 1.807) is 24.4 Å². The van der Waals surface area contributed by atoms with Crippen LogP contribution in [0.3, 0.4) is 0 Å². The van der Waals surface area contributed by atoms with Crippen LogP contribution in [0.2, 0.25) is 5.02 Å². The van der Waals surface area contributed by atoms with Crippen molar-refractivity contribution < 1.29 is 4.79 Å². The van der Waals surface area contributed by atoms with Gasteiger partial charge in [-0.05, 0) is 48.9 Å². The molecule has 0 aliphatic rings. The number of carbonyl (C=O) groups is 1. The van der Waals surface area contributed by atoms with Gasteiger partial charge in [-0.15, -0.1) is 0 Å². The van der Waals surface area contributed by atoms with Crippen LogP contribution in [0.25, 0.3) is 0 Å². The highest BCUT2D eigenvalue weighted by atomic mass is 35.5. The van der Waals surface area contributed by atoms with Crippen LogP contribution in [0.4, 0.5) is 11.4 Å². The van der Waals surface area contributed by atoms with Crippen molar-refractivity contribution in [3.05, 3.63) is 88.7 Å². The van der Waals surface area contributed by atoms with E-state index in [0.29, 0.717) is 17.3 Å². The van der Waals surface area contributed by atoms with Crippen molar-refractivity contribution in [1.82, 2.24) is 10.3 Å². The first kappa shape index (κ1) is 17.0. The quantitative estimate of drug-likeness (QED) is 0.699. The Morgan fingerprint density at radius 2 is 1.72 bits per heavy atom. The molecule has 1 aromatic heterocycles. The van der Waals surface area contributed by atoms with E-state index in [1.165, 1.54) is 5.56 Å². The minimum absolute atomic E-state index is 0.208. The third-order valence-electron chi connectivity index (χ3n) is 3.70. The molecule has 2 aromatic carbocycles. The highest BCUT2D eigenvalue weighted by molar-refractivity contribution is 6.30. The Bertz CT molecular complexity index is 861. The predicted molar refractivity (Wildman–Crippen MR) is 101 cm³/mol. The van der Waals surface area contributed by atoms with Crippen LogP contribution in [0.15, 0.2) is 66.9 Å². The molecule has 0 aliphatic carbocycles. The second kappa shape index (κ2) is 7.81. The summed E-state index contributed by atoms with van der Waals surface area (Å²) in [5, 5.41) is 6.79. The van der Waals surface area contributed by atoms with Gasteiger partial charge in [0, 0.05) is 29.1 Å². The molecule has 4 nitrogen and oxygen atoms in total. The highest BCUT2D eigenvalue weighted by Crippen LogP contribution is 2.19. The van der Waals surface area contributed by atoms with Crippen molar-refractivity contribution in [3.8, 4) is 0 Å². The number of benzene rings is 2. The minimum atomic E-state index is -0.208. The van der Waals surface area contributed by atoms with Crippen molar-refractivity contribution in [1.29, 1.82) is 0 Å². The van der Waals surface area contributed by atoms with E-state index in [1.807, 2.05) is 49.4 Å². The fourth-order valence-corrected chi connectivity index (χ4v) is 2.44. The summed E-state index contributed by atoms with van der Waals surface area (Å²) in [7, 11) is 0. The van der Waals surface area contributed by atoms with Gasteiger partial charge in [0.25, 0.3) is 5.91 Å². The molecule has 5 heteroatoms. The summed E-state index contributed by atoms with van der Waals surface area (Å²) in [6.07, 6.45) is 1.61. The van der Waals surface area contributed by atoms with Gasteiger partial charge in [-0.2, -0.15) is 0 Å². The molecule has 3 aromatic rings. The summed E-state index contributed by atoms with van der Waals surface area (Å²) in [6, 6.07) is 18.9. The summed E-state index contributed by atoms with van der Waals surface area (Å²) in [6.45, 7) is 2.50. The van der Waals surface area contributed by atoms with E-state index in [-0.39, 0.29) is 5.91 Å². The van der Waals surface area contributed by atoms with Crippen LogP contribution in [0.5, 0.6) is 0 Å². The molecule has 0 atom stereocenters. The van der Waals surface area contributed by atoms with Crippen molar-refractivity contribution in [2.75, 3.05) is 5.32 Å². The number of anilines is 2. The van der Waals surface area contributed by atoms with Crippen molar-refractivity contribution in [2.45, 2.75) is 13.5 Å². The molecule has 0 spiro atoms. The molecule has 0 saturated carbocycles. The zero-order valence-electron chi connectivity index (χ0n) is 13.8. The lowest BCUT2D eigenvalue weighted by atomic mass is 10.1. The summed E-state index contributed by atoms with van der Waals surface area (Å²) < 4.78 is 0. The van der Waals surface area contributed by atoms with Crippen LogP contribution >= 0.6 is 11.6 Å². The largest absolute Gasteiger partial charge is 0.355 e. The smallest absolute Gasteiger partial charge is 0.270 e. The van der Waals surface area contributed by atoms with Gasteiger partial charge >= 0.3 is 0 Å². The summed E-state index contributed by atoms with van der Waals surface area (Å²) >= 11 is 5.88. The third-order valence-corrected chi connectivity index (χ3v) is 3.95. The van der Waals surface area contributed by atoms with Crippen molar-refractivity contribution >= 4 is 28.9 Å². The van der Waals surface area contributed by atoms with E-state index in [0.717, 1.165) is 16.9 Å². The van der Waals surface area contributed by atoms with Crippen LogP contribution < -0.4 is 10.6 Å². The number of rotatable bonds is 5. The van der Waals surface area contributed by atoms with E-state index in [4.69, 9.17) is 11.6 Å². The maximum Gasteiger partial charge on any atom is 0.270 e. The lowest BCUT2D eigenvalue weighted by Gasteiger charge is -2.09. The van der Waals surface area contributed by atoms with Crippen LogP contribution in [-0.4, -0.2) is 10.9 Å². The monoisotopic (exact) mass is 351 g/mol. The van der Waals surface area contributed by atoms with E-state index < -0.39 is 0 Å². The molecular weight excluding hydrogens is 334 g/mol. The number of nitrogens with one attached hydrogen (secondary N) is 2. The molecule has 25 heavy (non-hydrogen) atoms. The van der Waals surface area contributed by atoms with Crippen LogP contribution in [0, 0.1) is 6.92 Å². The second-order valence-electron chi connectivity index (χ2n) is 5.73. The molecule has 3 rings (SSSR count). The molecule has 1 amide bonds. The molecule has 2 N–H and O–H groups in total. The van der Waals surface area contributed by atoms with Gasteiger partial charge in [-0.3, -0.25) is 9.78 Å². The fraction of sp³-hybridized carbons (Fsp3) is 0.100. The highest BCUT2D eigenvalue weighted by Gasteiger charge is 2.08. The Hall–Kier alpha value is -2.85. The lowest BCUT2D eigenvalue weighted by molar-refractivity contribution is 0.0946. The molecule has 0 radical (unpaired) electrons. The van der Waals surface area contributed by atoms with E-state index >= 15 is 0 Å². The second-order valence-corrected chi connectivity index (χ2v) is 6.17. The van der Waals surface area contributed by atoms with E-state index in [2.05, 4.69) is 15.6 Å². The van der Waals surface area contributed by atoms with Gasteiger partial charge < -0.3 is 10.6 Å². The third kappa shape index (κ3) is 4.81. The van der Waals surface area contributed by atoms with Gasteiger partial charge in [-0.1, -0.05) is 41.4 Å². The zero-order valence-corrected chi connectivity index (χ0v) is 14.5. The standard InChI is InChI=1S/C20H18ClN3O/c1-14-2-4-15(5-3-14)13-23-20(25)19-12-18(10-11-22-19)24-17-8-6-16(21)7-9-17/h2-12H,13H2,1H3,(H,22,24)(H,23,25). The number of amides is 1. The van der Waals surface area contributed by atoms with Crippen molar-refractivity contribution in [3.63, 3.8) is 0 Å². The number of pyridine rings is 1. The number of hydrogen-bond acceptors (Lipinski definition) is 3. The number of aromatic nitrogens is 1. The fourth-order valence-electron chi connectivity index (χ4n) is 2.31. The summed E-state index contributed by atoms with van der Waals surface area (Å²) in [5.74, 6) is -0.208. The van der Waals surface area contributed by atoms with Crippen LogP contribution in [0.1, 0.15) is 21.6 Å². The Morgan fingerprint density at radius 3 is 2.44 bits per heavy atom.